The highest BCUT2D eigenvalue weighted by molar-refractivity contribution is 5.47. The summed E-state index contributed by atoms with van der Waals surface area (Å²) in [6.07, 6.45) is 9.19. The lowest BCUT2D eigenvalue weighted by atomic mass is 10.1. The Balaban J connectivity index is 1.99. The van der Waals surface area contributed by atoms with Crippen LogP contribution in [0.4, 0.5) is 0 Å². The fraction of sp³-hybridized carbons (Fsp3) is 0.267. The predicted octanol–water partition coefficient (Wildman–Crippen LogP) is 1.82. The third-order valence-corrected chi connectivity index (χ3v) is 2.95. The number of nitrogens with two attached hydrogens (primary N) is 1. The normalized spacial score (nSPS) is 10.5. The summed E-state index contributed by atoms with van der Waals surface area (Å²) >= 11 is 0. The van der Waals surface area contributed by atoms with E-state index in [4.69, 9.17) is 5.73 Å². The summed E-state index contributed by atoms with van der Waals surface area (Å²) in [5.41, 5.74) is 7.96. The predicted molar refractivity (Wildman–Crippen MR) is 73.9 cm³/mol. The van der Waals surface area contributed by atoms with Crippen LogP contribution in [0.15, 0.2) is 49.6 Å². The van der Waals surface area contributed by atoms with Crippen molar-refractivity contribution >= 4 is 6.08 Å². The molecule has 0 amide bonds. The van der Waals surface area contributed by atoms with E-state index in [1.165, 1.54) is 5.56 Å². The van der Waals surface area contributed by atoms with Crippen LogP contribution in [0.25, 0.3) is 6.08 Å². The first-order valence-corrected chi connectivity index (χ1v) is 6.28. The second-order valence-electron chi connectivity index (χ2n) is 4.41. The number of hydrogen-bond donors (Lipinski definition) is 1. The molecule has 1 aromatic carbocycles. The van der Waals surface area contributed by atoms with Crippen LogP contribution in [0, 0.1) is 0 Å². The SMILES string of the molecule is C=Cc1ccc(C[n+]2ccn(CCCN)c2)cc1. The minimum atomic E-state index is 0.737. The summed E-state index contributed by atoms with van der Waals surface area (Å²) in [7, 11) is 0. The van der Waals surface area contributed by atoms with E-state index in [-0.39, 0.29) is 0 Å². The molecule has 0 radical (unpaired) electrons. The van der Waals surface area contributed by atoms with E-state index in [0.29, 0.717) is 0 Å². The quantitative estimate of drug-likeness (QED) is 0.770. The van der Waals surface area contributed by atoms with Gasteiger partial charge in [-0.3, -0.25) is 0 Å². The second-order valence-corrected chi connectivity index (χ2v) is 4.41. The Bertz CT molecular complexity index is 497. The van der Waals surface area contributed by atoms with E-state index in [2.05, 4.69) is 58.7 Å². The summed E-state index contributed by atoms with van der Waals surface area (Å²) in [4.78, 5) is 0. The second kappa shape index (κ2) is 6.17. The van der Waals surface area contributed by atoms with E-state index in [0.717, 1.165) is 31.6 Å². The van der Waals surface area contributed by atoms with Gasteiger partial charge >= 0.3 is 0 Å². The average Bonchev–Trinajstić information content (AvgIpc) is 2.85. The van der Waals surface area contributed by atoms with Gasteiger partial charge in [0.2, 0.25) is 6.33 Å². The van der Waals surface area contributed by atoms with Gasteiger partial charge in [-0.15, -0.1) is 0 Å². The molecule has 18 heavy (non-hydrogen) atoms. The smallest absolute Gasteiger partial charge is 0.244 e. The maximum Gasteiger partial charge on any atom is 0.244 e. The molecule has 0 bridgehead atoms. The van der Waals surface area contributed by atoms with E-state index < -0.39 is 0 Å². The van der Waals surface area contributed by atoms with Crippen LogP contribution in [-0.4, -0.2) is 11.1 Å². The van der Waals surface area contributed by atoms with Gasteiger partial charge in [-0.25, -0.2) is 9.13 Å². The molecule has 0 unspecified atom stereocenters. The highest BCUT2D eigenvalue weighted by Crippen LogP contribution is 2.05. The Hall–Kier alpha value is -1.87. The van der Waals surface area contributed by atoms with E-state index >= 15 is 0 Å². The molecule has 0 spiro atoms. The first-order chi connectivity index (χ1) is 8.81. The van der Waals surface area contributed by atoms with Crippen LogP contribution in [0.1, 0.15) is 17.5 Å². The van der Waals surface area contributed by atoms with E-state index in [9.17, 15) is 0 Å². The summed E-state index contributed by atoms with van der Waals surface area (Å²) in [6, 6.07) is 8.46. The first kappa shape index (κ1) is 12.6. The molecule has 1 aromatic heterocycles. The average molecular weight is 242 g/mol. The summed E-state index contributed by atoms with van der Waals surface area (Å²) in [6.45, 7) is 6.38. The molecule has 3 nitrogen and oxygen atoms in total. The lowest BCUT2D eigenvalue weighted by Crippen LogP contribution is -2.31. The van der Waals surface area contributed by atoms with Crippen LogP contribution >= 0.6 is 0 Å². The molecule has 94 valence electrons. The van der Waals surface area contributed by atoms with Gasteiger partial charge in [-0.1, -0.05) is 36.9 Å². The molecule has 0 aliphatic rings. The lowest BCUT2D eigenvalue weighted by Gasteiger charge is -1.99. The van der Waals surface area contributed by atoms with Gasteiger partial charge in [0.15, 0.2) is 0 Å². The topological polar surface area (TPSA) is 34.8 Å². The Labute approximate surface area is 108 Å². The number of aromatic nitrogens is 2. The third-order valence-electron chi connectivity index (χ3n) is 2.95. The molecule has 0 saturated carbocycles. The van der Waals surface area contributed by atoms with Crippen molar-refractivity contribution in [1.82, 2.24) is 4.57 Å². The molecule has 0 aliphatic carbocycles. The zero-order chi connectivity index (χ0) is 12.8. The molecule has 3 heteroatoms. The van der Waals surface area contributed by atoms with Crippen LogP contribution in [-0.2, 0) is 13.1 Å². The molecule has 0 atom stereocenters. The minimum absolute atomic E-state index is 0.737. The maximum atomic E-state index is 5.51. The van der Waals surface area contributed by atoms with Crippen molar-refractivity contribution in [3.63, 3.8) is 0 Å². The van der Waals surface area contributed by atoms with Gasteiger partial charge in [0.25, 0.3) is 0 Å². The van der Waals surface area contributed by atoms with Crippen molar-refractivity contribution in [3.05, 3.63) is 60.7 Å². The molecule has 2 aromatic rings. The number of rotatable bonds is 6. The Kier molecular flexibility index (Phi) is 4.31. The third kappa shape index (κ3) is 3.31. The number of benzene rings is 1. The lowest BCUT2D eigenvalue weighted by molar-refractivity contribution is -0.687. The van der Waals surface area contributed by atoms with Gasteiger partial charge in [0.05, 0.1) is 6.54 Å². The van der Waals surface area contributed by atoms with Crippen LogP contribution in [0.3, 0.4) is 0 Å². The van der Waals surface area contributed by atoms with Gasteiger partial charge in [-0.2, -0.15) is 0 Å². The Morgan fingerprint density at radius 1 is 1.28 bits per heavy atom. The molecular weight excluding hydrogens is 222 g/mol. The molecule has 0 saturated heterocycles. The Morgan fingerprint density at radius 3 is 2.72 bits per heavy atom. The molecule has 2 N–H and O–H groups in total. The van der Waals surface area contributed by atoms with Gasteiger partial charge in [0, 0.05) is 0 Å². The largest absolute Gasteiger partial charge is 0.330 e. The number of imidazole rings is 1. The van der Waals surface area contributed by atoms with Crippen molar-refractivity contribution in [3.8, 4) is 0 Å². The van der Waals surface area contributed by atoms with Gasteiger partial charge in [-0.05, 0) is 24.1 Å². The van der Waals surface area contributed by atoms with E-state index in [1.807, 2.05) is 6.08 Å². The fourth-order valence-corrected chi connectivity index (χ4v) is 1.91. The molecule has 0 aliphatic heterocycles. The highest BCUT2D eigenvalue weighted by atomic mass is 15.1. The van der Waals surface area contributed by atoms with Crippen molar-refractivity contribution < 1.29 is 4.57 Å². The van der Waals surface area contributed by atoms with Crippen molar-refractivity contribution in [2.45, 2.75) is 19.5 Å². The van der Waals surface area contributed by atoms with Crippen molar-refractivity contribution in [2.75, 3.05) is 6.54 Å². The molecule has 0 fully saturated rings. The summed E-state index contributed by atoms with van der Waals surface area (Å²) < 4.78 is 4.35. The van der Waals surface area contributed by atoms with E-state index in [1.54, 1.807) is 0 Å². The number of aryl methyl sites for hydroxylation is 1. The van der Waals surface area contributed by atoms with Crippen LogP contribution in [0.5, 0.6) is 0 Å². The zero-order valence-electron chi connectivity index (χ0n) is 10.6. The maximum absolute atomic E-state index is 5.51. The van der Waals surface area contributed by atoms with Crippen LogP contribution in [0.2, 0.25) is 0 Å². The monoisotopic (exact) mass is 242 g/mol. The number of nitrogens with zero attached hydrogens (tertiary/aromatic N) is 2. The zero-order valence-corrected chi connectivity index (χ0v) is 10.6. The molecular formula is C15H20N3+. The highest BCUT2D eigenvalue weighted by Gasteiger charge is 2.04. The number of hydrogen-bond acceptors (Lipinski definition) is 1. The summed E-state index contributed by atoms with van der Waals surface area (Å²) in [5, 5.41) is 0. The first-order valence-electron chi connectivity index (χ1n) is 6.28. The van der Waals surface area contributed by atoms with Gasteiger partial charge in [0.1, 0.15) is 18.9 Å². The minimum Gasteiger partial charge on any atom is -0.330 e. The molecule has 2 rings (SSSR count). The standard InChI is InChI=1S/C15H20N3/c1-2-14-4-6-15(7-5-14)12-18-11-10-17(13-18)9-3-8-16/h2,4-7,10-11,13H,1,3,8-9,12,16H2/q+1. The molecule has 1 heterocycles. The van der Waals surface area contributed by atoms with Gasteiger partial charge < -0.3 is 5.73 Å². The van der Waals surface area contributed by atoms with Crippen molar-refractivity contribution in [1.29, 1.82) is 0 Å². The van der Waals surface area contributed by atoms with Crippen molar-refractivity contribution in [2.24, 2.45) is 5.73 Å². The fourth-order valence-electron chi connectivity index (χ4n) is 1.91. The van der Waals surface area contributed by atoms with Crippen LogP contribution < -0.4 is 10.3 Å². The Morgan fingerprint density at radius 2 is 2.06 bits per heavy atom. The summed E-state index contributed by atoms with van der Waals surface area (Å²) in [5.74, 6) is 0.